The van der Waals surface area contributed by atoms with Crippen LogP contribution in [0, 0.1) is 0 Å². The first kappa shape index (κ1) is 14.7. The van der Waals surface area contributed by atoms with Gasteiger partial charge in [-0.05, 0) is 17.5 Å². The van der Waals surface area contributed by atoms with E-state index in [0.717, 1.165) is 4.88 Å². The van der Waals surface area contributed by atoms with Gasteiger partial charge in [0.25, 0.3) is 5.91 Å². The summed E-state index contributed by atoms with van der Waals surface area (Å²) in [6.07, 6.45) is -0.0280. The van der Waals surface area contributed by atoms with E-state index in [2.05, 4.69) is 20.8 Å². The first-order chi connectivity index (χ1) is 8.21. The molecule has 1 aromatic heterocycles. The Morgan fingerprint density at radius 2 is 1.94 bits per heavy atom. The van der Waals surface area contributed by atoms with Gasteiger partial charge in [0.05, 0.1) is 11.3 Å². The Bertz CT molecular complexity index is 445. The zero-order chi connectivity index (χ0) is 13.9. The summed E-state index contributed by atoms with van der Waals surface area (Å²) >= 11 is 1.47. The number of hydrogen-bond acceptors (Lipinski definition) is 3. The van der Waals surface area contributed by atoms with E-state index in [1.54, 1.807) is 7.05 Å². The first-order valence-corrected chi connectivity index (χ1v) is 6.61. The maximum absolute atomic E-state index is 12.0. The molecule has 0 radical (unpaired) electrons. The molecule has 0 atom stereocenters. The van der Waals surface area contributed by atoms with Gasteiger partial charge < -0.3 is 10.0 Å². The van der Waals surface area contributed by atoms with Crippen molar-refractivity contribution < 1.29 is 14.7 Å². The lowest BCUT2D eigenvalue weighted by molar-refractivity contribution is -0.137. The Labute approximate surface area is 111 Å². The van der Waals surface area contributed by atoms with Crippen LogP contribution in [0.25, 0.3) is 0 Å². The van der Waals surface area contributed by atoms with Gasteiger partial charge in [-0.25, -0.2) is 0 Å². The second kappa shape index (κ2) is 5.52. The van der Waals surface area contributed by atoms with E-state index in [0.29, 0.717) is 4.88 Å². The molecule has 1 aromatic rings. The first-order valence-electron chi connectivity index (χ1n) is 5.79. The van der Waals surface area contributed by atoms with Crippen LogP contribution in [0.3, 0.4) is 0 Å². The fraction of sp³-hybridized carbons (Fsp3) is 0.538. The monoisotopic (exact) mass is 269 g/mol. The van der Waals surface area contributed by atoms with Gasteiger partial charge in [0.1, 0.15) is 0 Å². The summed E-state index contributed by atoms with van der Waals surface area (Å²) in [4.78, 5) is 25.8. The van der Waals surface area contributed by atoms with Crippen molar-refractivity contribution in [3.8, 4) is 0 Å². The summed E-state index contributed by atoms with van der Waals surface area (Å²) in [6.45, 7) is 6.53. The van der Waals surface area contributed by atoms with Crippen LogP contribution in [0.5, 0.6) is 0 Å². The highest BCUT2D eigenvalue weighted by atomic mass is 32.1. The third-order valence-corrected chi connectivity index (χ3v) is 4.06. The standard InChI is InChI=1S/C13H19NO3S/c1-13(2,3)10-6-5-9(18-10)12(17)14(4)8-7-11(15)16/h5-6H,7-8H2,1-4H3,(H,15,16). The van der Waals surface area contributed by atoms with Gasteiger partial charge in [0.2, 0.25) is 0 Å². The van der Waals surface area contributed by atoms with Crippen LogP contribution >= 0.6 is 11.3 Å². The van der Waals surface area contributed by atoms with Crippen LogP contribution in [0.15, 0.2) is 12.1 Å². The zero-order valence-electron chi connectivity index (χ0n) is 11.2. The topological polar surface area (TPSA) is 57.6 Å². The Morgan fingerprint density at radius 1 is 1.33 bits per heavy atom. The SMILES string of the molecule is CN(CCC(=O)O)C(=O)c1ccc(C(C)(C)C)s1. The Balaban J connectivity index is 2.72. The van der Waals surface area contributed by atoms with Crippen molar-refractivity contribution in [1.29, 1.82) is 0 Å². The predicted octanol–water partition coefficient (Wildman–Crippen LogP) is 2.59. The van der Waals surface area contributed by atoms with E-state index in [9.17, 15) is 9.59 Å². The molecule has 1 heterocycles. The van der Waals surface area contributed by atoms with Crippen molar-refractivity contribution in [3.05, 3.63) is 21.9 Å². The Hall–Kier alpha value is -1.36. The summed E-state index contributed by atoms with van der Waals surface area (Å²) < 4.78 is 0. The number of carboxylic acid groups (broad SMARTS) is 1. The molecule has 0 saturated carbocycles. The highest BCUT2D eigenvalue weighted by Gasteiger charge is 2.20. The summed E-state index contributed by atoms with van der Waals surface area (Å²) in [7, 11) is 1.63. The van der Waals surface area contributed by atoms with Crippen molar-refractivity contribution >= 4 is 23.2 Å². The van der Waals surface area contributed by atoms with E-state index in [1.165, 1.54) is 16.2 Å². The fourth-order valence-corrected chi connectivity index (χ4v) is 2.47. The van der Waals surface area contributed by atoms with E-state index in [1.807, 2.05) is 12.1 Å². The third-order valence-electron chi connectivity index (χ3n) is 2.56. The molecule has 0 unspecified atom stereocenters. The lowest BCUT2D eigenvalue weighted by Crippen LogP contribution is -2.28. The zero-order valence-corrected chi connectivity index (χ0v) is 12.0. The average molecular weight is 269 g/mol. The van der Waals surface area contributed by atoms with Gasteiger partial charge in [0.15, 0.2) is 0 Å². The number of rotatable bonds is 4. The lowest BCUT2D eigenvalue weighted by atomic mass is 9.95. The highest BCUT2D eigenvalue weighted by Crippen LogP contribution is 2.29. The molecular formula is C13H19NO3S. The van der Waals surface area contributed by atoms with Crippen molar-refractivity contribution in [1.82, 2.24) is 4.90 Å². The number of carbonyl (C=O) groups excluding carboxylic acids is 1. The lowest BCUT2D eigenvalue weighted by Gasteiger charge is -2.16. The smallest absolute Gasteiger partial charge is 0.305 e. The molecule has 0 spiro atoms. The molecule has 100 valence electrons. The van der Waals surface area contributed by atoms with Gasteiger partial charge in [-0.2, -0.15) is 0 Å². The maximum atomic E-state index is 12.0. The molecule has 0 fully saturated rings. The molecule has 1 N–H and O–H groups in total. The molecule has 0 aliphatic rings. The molecule has 0 saturated heterocycles. The third kappa shape index (κ3) is 3.84. The molecule has 1 rings (SSSR count). The average Bonchev–Trinajstić information content (AvgIpc) is 2.73. The largest absolute Gasteiger partial charge is 0.481 e. The number of thiophene rings is 1. The predicted molar refractivity (Wildman–Crippen MR) is 72.2 cm³/mol. The normalized spacial score (nSPS) is 11.3. The van der Waals surface area contributed by atoms with Crippen LogP contribution in [-0.2, 0) is 10.2 Å². The molecule has 0 bridgehead atoms. The number of amides is 1. The second-order valence-corrected chi connectivity index (χ2v) is 6.37. The number of nitrogens with zero attached hydrogens (tertiary/aromatic N) is 1. The fourth-order valence-electron chi connectivity index (χ4n) is 1.41. The summed E-state index contributed by atoms with van der Waals surface area (Å²) in [5, 5.41) is 8.59. The molecule has 4 nitrogen and oxygen atoms in total. The van der Waals surface area contributed by atoms with Crippen LogP contribution in [0.1, 0.15) is 41.7 Å². The molecule has 18 heavy (non-hydrogen) atoms. The number of carbonyl (C=O) groups is 2. The quantitative estimate of drug-likeness (QED) is 0.914. The van der Waals surface area contributed by atoms with Gasteiger partial charge in [-0.3, -0.25) is 9.59 Å². The Morgan fingerprint density at radius 3 is 2.39 bits per heavy atom. The molecule has 0 aromatic carbocycles. The molecule has 0 aliphatic heterocycles. The number of aliphatic carboxylic acids is 1. The maximum Gasteiger partial charge on any atom is 0.305 e. The minimum absolute atomic E-state index is 0.0280. The van der Waals surface area contributed by atoms with Gasteiger partial charge in [-0.15, -0.1) is 11.3 Å². The van der Waals surface area contributed by atoms with E-state index >= 15 is 0 Å². The van der Waals surface area contributed by atoms with Gasteiger partial charge in [-0.1, -0.05) is 20.8 Å². The Kier molecular flexibility index (Phi) is 4.51. The molecule has 5 heteroatoms. The van der Waals surface area contributed by atoms with Crippen LogP contribution < -0.4 is 0 Å². The van der Waals surface area contributed by atoms with Crippen LogP contribution in [0.2, 0.25) is 0 Å². The van der Waals surface area contributed by atoms with Gasteiger partial charge >= 0.3 is 5.97 Å². The van der Waals surface area contributed by atoms with Crippen molar-refractivity contribution in [3.63, 3.8) is 0 Å². The summed E-state index contributed by atoms with van der Waals surface area (Å²) in [5.74, 6) is -1.01. The number of carboxylic acids is 1. The number of hydrogen-bond donors (Lipinski definition) is 1. The van der Waals surface area contributed by atoms with Crippen molar-refractivity contribution in [2.75, 3.05) is 13.6 Å². The van der Waals surface area contributed by atoms with E-state index in [-0.39, 0.29) is 24.3 Å². The minimum Gasteiger partial charge on any atom is -0.481 e. The van der Waals surface area contributed by atoms with Gasteiger partial charge in [0, 0.05) is 18.5 Å². The van der Waals surface area contributed by atoms with Crippen LogP contribution in [0.4, 0.5) is 0 Å². The highest BCUT2D eigenvalue weighted by molar-refractivity contribution is 7.14. The van der Waals surface area contributed by atoms with Crippen molar-refractivity contribution in [2.24, 2.45) is 0 Å². The second-order valence-electron chi connectivity index (χ2n) is 5.28. The van der Waals surface area contributed by atoms with E-state index < -0.39 is 5.97 Å². The summed E-state index contributed by atoms with van der Waals surface area (Å²) in [5.41, 5.74) is 0.0306. The molecular weight excluding hydrogens is 250 g/mol. The minimum atomic E-state index is -0.892. The molecule has 1 amide bonds. The summed E-state index contributed by atoms with van der Waals surface area (Å²) in [6, 6.07) is 3.77. The molecule has 0 aliphatic carbocycles. The van der Waals surface area contributed by atoms with Crippen LogP contribution in [-0.4, -0.2) is 35.5 Å². The van der Waals surface area contributed by atoms with Crippen molar-refractivity contribution in [2.45, 2.75) is 32.6 Å². The van der Waals surface area contributed by atoms with E-state index in [4.69, 9.17) is 5.11 Å².